The molecule has 1 aliphatic heterocycles. The van der Waals surface area contributed by atoms with Crippen molar-refractivity contribution in [2.45, 2.75) is 39.3 Å². The van der Waals surface area contributed by atoms with Crippen LogP contribution in [0, 0.1) is 5.92 Å². The molecule has 1 heterocycles. The summed E-state index contributed by atoms with van der Waals surface area (Å²) in [5.41, 5.74) is 1.03. The lowest BCUT2D eigenvalue weighted by atomic mass is 10.2. The zero-order chi connectivity index (χ0) is 15.9. The van der Waals surface area contributed by atoms with E-state index in [9.17, 15) is 9.90 Å². The van der Waals surface area contributed by atoms with Gasteiger partial charge in [0.05, 0.1) is 19.3 Å². The van der Waals surface area contributed by atoms with Crippen LogP contribution in [0.25, 0.3) is 0 Å². The minimum atomic E-state index is -0.100. The lowest BCUT2D eigenvalue weighted by Gasteiger charge is -2.23. The highest BCUT2D eigenvalue weighted by molar-refractivity contribution is 5.74. The van der Waals surface area contributed by atoms with Crippen LogP contribution >= 0.6 is 0 Å². The molecule has 1 fully saturated rings. The number of nitrogens with one attached hydrogen (secondary N) is 1. The average molecular weight is 306 g/mol. The predicted octanol–water partition coefficient (Wildman–Crippen LogP) is 2.39. The highest BCUT2D eigenvalue weighted by Crippen LogP contribution is 2.17. The summed E-state index contributed by atoms with van der Waals surface area (Å²) in [5, 5.41) is 12.2. The first-order valence-electron chi connectivity index (χ1n) is 7.97. The number of urea groups is 1. The Morgan fingerprint density at radius 1 is 1.41 bits per heavy atom. The Morgan fingerprint density at radius 2 is 2.14 bits per heavy atom. The van der Waals surface area contributed by atoms with Crippen LogP contribution in [0.2, 0.25) is 0 Å². The number of amides is 2. The Morgan fingerprint density at radius 3 is 2.77 bits per heavy atom. The van der Waals surface area contributed by atoms with Crippen molar-refractivity contribution in [2.24, 2.45) is 5.92 Å². The van der Waals surface area contributed by atoms with Crippen molar-refractivity contribution in [3.63, 3.8) is 0 Å². The molecule has 0 spiro atoms. The predicted molar refractivity (Wildman–Crippen MR) is 85.8 cm³/mol. The van der Waals surface area contributed by atoms with Crippen LogP contribution in [0.3, 0.4) is 0 Å². The number of benzene rings is 1. The van der Waals surface area contributed by atoms with E-state index in [-0.39, 0.29) is 18.7 Å². The zero-order valence-corrected chi connectivity index (χ0v) is 13.4. The molecule has 0 saturated carbocycles. The molecule has 1 aliphatic rings. The molecular formula is C17H26N2O3. The fourth-order valence-corrected chi connectivity index (χ4v) is 2.54. The minimum Gasteiger partial charge on any atom is -0.493 e. The van der Waals surface area contributed by atoms with Crippen molar-refractivity contribution < 1.29 is 14.6 Å². The van der Waals surface area contributed by atoms with Crippen LogP contribution < -0.4 is 10.1 Å². The van der Waals surface area contributed by atoms with E-state index in [1.807, 2.05) is 24.3 Å². The lowest BCUT2D eigenvalue weighted by Crippen LogP contribution is -2.43. The summed E-state index contributed by atoms with van der Waals surface area (Å²) >= 11 is 0. The topological polar surface area (TPSA) is 61.8 Å². The second-order valence-electron chi connectivity index (χ2n) is 6.18. The molecule has 22 heavy (non-hydrogen) atoms. The van der Waals surface area contributed by atoms with Gasteiger partial charge in [0.25, 0.3) is 0 Å². The Hall–Kier alpha value is -1.75. The summed E-state index contributed by atoms with van der Waals surface area (Å²) in [4.78, 5) is 13.8. The summed E-state index contributed by atoms with van der Waals surface area (Å²) in [6.45, 7) is 6.17. The number of carbonyl (C=O) groups excluding carboxylic acids is 1. The van der Waals surface area contributed by atoms with Gasteiger partial charge in [0, 0.05) is 13.1 Å². The summed E-state index contributed by atoms with van der Waals surface area (Å²) in [7, 11) is 0. The Kier molecular flexibility index (Phi) is 6.07. The van der Waals surface area contributed by atoms with Crippen molar-refractivity contribution in [2.75, 3.05) is 19.8 Å². The number of likely N-dealkylation sites (tertiary alicyclic amines) is 1. The number of hydrogen-bond donors (Lipinski definition) is 2. The molecule has 0 bridgehead atoms. The number of ether oxygens (including phenoxy) is 1. The van der Waals surface area contributed by atoms with Gasteiger partial charge in [-0.25, -0.2) is 4.79 Å². The van der Waals surface area contributed by atoms with Gasteiger partial charge in [0.15, 0.2) is 0 Å². The third-order valence-corrected chi connectivity index (χ3v) is 3.80. The monoisotopic (exact) mass is 306 g/mol. The molecule has 2 amide bonds. The summed E-state index contributed by atoms with van der Waals surface area (Å²) < 4.78 is 5.63. The molecule has 1 atom stereocenters. The van der Waals surface area contributed by atoms with Gasteiger partial charge >= 0.3 is 6.03 Å². The third-order valence-electron chi connectivity index (χ3n) is 3.80. The van der Waals surface area contributed by atoms with Gasteiger partial charge in [-0.05, 0) is 36.5 Å². The van der Waals surface area contributed by atoms with E-state index in [1.54, 1.807) is 4.90 Å². The molecule has 122 valence electrons. The van der Waals surface area contributed by atoms with Crippen molar-refractivity contribution >= 4 is 6.03 Å². The number of aliphatic hydroxyl groups is 1. The molecule has 0 aliphatic carbocycles. The highest BCUT2D eigenvalue weighted by Gasteiger charge is 2.27. The van der Waals surface area contributed by atoms with Gasteiger partial charge in [-0.3, -0.25) is 0 Å². The van der Waals surface area contributed by atoms with Crippen LogP contribution in [0.5, 0.6) is 5.75 Å². The van der Waals surface area contributed by atoms with E-state index in [4.69, 9.17) is 4.74 Å². The molecule has 1 saturated heterocycles. The molecule has 1 aromatic rings. The number of nitrogens with zero attached hydrogens (tertiary/aromatic N) is 1. The van der Waals surface area contributed by atoms with E-state index in [1.165, 1.54) is 0 Å². The zero-order valence-electron chi connectivity index (χ0n) is 13.4. The van der Waals surface area contributed by atoms with Crippen LogP contribution in [0.1, 0.15) is 32.3 Å². The molecule has 1 aromatic carbocycles. The normalized spacial score (nSPS) is 17.8. The lowest BCUT2D eigenvalue weighted by molar-refractivity contribution is 0.157. The van der Waals surface area contributed by atoms with E-state index < -0.39 is 0 Å². The van der Waals surface area contributed by atoms with Gasteiger partial charge in [-0.2, -0.15) is 0 Å². The summed E-state index contributed by atoms with van der Waals surface area (Å²) in [5.74, 6) is 1.35. The molecule has 2 rings (SSSR count). The first-order chi connectivity index (χ1) is 10.6. The molecule has 5 heteroatoms. The summed E-state index contributed by atoms with van der Waals surface area (Å²) in [6.07, 6.45) is 1.84. The van der Waals surface area contributed by atoms with Gasteiger partial charge in [0.1, 0.15) is 5.75 Å². The van der Waals surface area contributed by atoms with Gasteiger partial charge in [-0.1, -0.05) is 26.0 Å². The maximum Gasteiger partial charge on any atom is 0.317 e. The molecule has 2 N–H and O–H groups in total. The third kappa shape index (κ3) is 4.63. The van der Waals surface area contributed by atoms with E-state index in [0.29, 0.717) is 19.1 Å². The maximum absolute atomic E-state index is 12.1. The molecule has 0 radical (unpaired) electrons. The van der Waals surface area contributed by atoms with E-state index in [0.717, 1.165) is 30.7 Å². The van der Waals surface area contributed by atoms with Crippen molar-refractivity contribution in [1.29, 1.82) is 0 Å². The standard InChI is InChI=1S/C17H26N2O3/c1-13(2)12-22-16-7-5-14(6-8-16)10-18-17(21)19-9-3-4-15(19)11-20/h5-8,13,15,20H,3-4,9-12H2,1-2H3,(H,18,21). The SMILES string of the molecule is CC(C)COc1ccc(CNC(=O)N2CCCC2CO)cc1. The molecule has 0 aromatic heterocycles. The van der Waals surface area contributed by atoms with Gasteiger partial charge in [0.2, 0.25) is 0 Å². The highest BCUT2D eigenvalue weighted by atomic mass is 16.5. The second kappa shape index (κ2) is 8.03. The van der Waals surface area contributed by atoms with Gasteiger partial charge < -0.3 is 20.1 Å². The van der Waals surface area contributed by atoms with Crippen LogP contribution in [0.15, 0.2) is 24.3 Å². The first-order valence-corrected chi connectivity index (χ1v) is 7.97. The van der Waals surface area contributed by atoms with Crippen LogP contribution in [-0.2, 0) is 6.54 Å². The number of rotatable bonds is 6. The largest absolute Gasteiger partial charge is 0.493 e. The second-order valence-corrected chi connectivity index (χ2v) is 6.18. The Bertz CT molecular complexity index is 473. The van der Waals surface area contributed by atoms with Crippen molar-refractivity contribution in [3.05, 3.63) is 29.8 Å². The Balaban J connectivity index is 1.80. The fourth-order valence-electron chi connectivity index (χ4n) is 2.54. The van der Waals surface area contributed by atoms with E-state index in [2.05, 4.69) is 19.2 Å². The van der Waals surface area contributed by atoms with Crippen molar-refractivity contribution in [3.8, 4) is 5.75 Å². The number of aliphatic hydroxyl groups excluding tert-OH is 1. The first kappa shape index (κ1) is 16.6. The summed E-state index contributed by atoms with van der Waals surface area (Å²) in [6, 6.07) is 7.64. The number of carbonyl (C=O) groups is 1. The molecular weight excluding hydrogens is 280 g/mol. The number of hydrogen-bond acceptors (Lipinski definition) is 3. The Labute approximate surface area is 132 Å². The fraction of sp³-hybridized carbons (Fsp3) is 0.588. The van der Waals surface area contributed by atoms with Crippen molar-refractivity contribution in [1.82, 2.24) is 10.2 Å². The van der Waals surface area contributed by atoms with E-state index >= 15 is 0 Å². The van der Waals surface area contributed by atoms with Crippen LogP contribution in [-0.4, -0.2) is 41.8 Å². The maximum atomic E-state index is 12.1. The smallest absolute Gasteiger partial charge is 0.317 e. The molecule has 5 nitrogen and oxygen atoms in total. The quantitative estimate of drug-likeness (QED) is 0.848. The van der Waals surface area contributed by atoms with Gasteiger partial charge in [-0.15, -0.1) is 0 Å². The average Bonchev–Trinajstić information content (AvgIpc) is 3.00. The van der Waals surface area contributed by atoms with Crippen LogP contribution in [0.4, 0.5) is 4.79 Å². The molecule has 1 unspecified atom stereocenters. The minimum absolute atomic E-state index is 0.0354.